The van der Waals surface area contributed by atoms with Crippen LogP contribution in [0.5, 0.6) is 11.5 Å². The van der Waals surface area contributed by atoms with Crippen molar-refractivity contribution in [2.75, 3.05) is 6.61 Å². The highest BCUT2D eigenvalue weighted by Crippen LogP contribution is 2.28. The number of hydrogen-bond donors (Lipinski definition) is 1. The van der Waals surface area contributed by atoms with E-state index in [9.17, 15) is 4.79 Å². The van der Waals surface area contributed by atoms with Gasteiger partial charge in [-0.05, 0) is 49.9 Å². The van der Waals surface area contributed by atoms with Crippen molar-refractivity contribution in [3.05, 3.63) is 71.8 Å². The number of amides is 1. The fraction of sp³-hybridized carbons (Fsp3) is 0.292. The molecule has 146 valence electrons. The summed E-state index contributed by atoms with van der Waals surface area (Å²) in [6.07, 6.45) is 0.889. The molecule has 4 heteroatoms. The SMILES string of the molecule is CCOc1ccc(C(=O)NC(C)CC)cc1COc1cccc2ccccc12. The predicted octanol–water partition coefficient (Wildman–Crippen LogP) is 5.35. The molecule has 3 rings (SSSR count). The van der Waals surface area contributed by atoms with E-state index >= 15 is 0 Å². The van der Waals surface area contributed by atoms with E-state index in [0.29, 0.717) is 18.8 Å². The zero-order chi connectivity index (χ0) is 19.9. The smallest absolute Gasteiger partial charge is 0.251 e. The lowest BCUT2D eigenvalue weighted by atomic mass is 10.1. The summed E-state index contributed by atoms with van der Waals surface area (Å²) in [5.74, 6) is 1.47. The highest BCUT2D eigenvalue weighted by atomic mass is 16.5. The molecule has 4 nitrogen and oxygen atoms in total. The van der Waals surface area contributed by atoms with Crippen molar-refractivity contribution in [3.8, 4) is 11.5 Å². The van der Waals surface area contributed by atoms with Gasteiger partial charge < -0.3 is 14.8 Å². The van der Waals surface area contributed by atoms with Gasteiger partial charge in [-0.2, -0.15) is 0 Å². The molecule has 3 aromatic rings. The summed E-state index contributed by atoms with van der Waals surface area (Å²) >= 11 is 0. The molecule has 0 saturated carbocycles. The van der Waals surface area contributed by atoms with Gasteiger partial charge in [-0.25, -0.2) is 0 Å². The van der Waals surface area contributed by atoms with Crippen molar-refractivity contribution in [1.29, 1.82) is 0 Å². The van der Waals surface area contributed by atoms with Crippen LogP contribution in [0.25, 0.3) is 10.8 Å². The maximum atomic E-state index is 12.5. The van der Waals surface area contributed by atoms with E-state index in [0.717, 1.165) is 34.3 Å². The summed E-state index contributed by atoms with van der Waals surface area (Å²) in [5.41, 5.74) is 1.46. The van der Waals surface area contributed by atoms with E-state index in [4.69, 9.17) is 9.47 Å². The Morgan fingerprint density at radius 2 is 1.75 bits per heavy atom. The first-order chi connectivity index (χ1) is 13.6. The van der Waals surface area contributed by atoms with Crippen molar-refractivity contribution < 1.29 is 14.3 Å². The van der Waals surface area contributed by atoms with Crippen LogP contribution in [0, 0.1) is 0 Å². The Hall–Kier alpha value is -3.01. The number of ether oxygens (including phenoxy) is 2. The van der Waals surface area contributed by atoms with Crippen molar-refractivity contribution in [3.63, 3.8) is 0 Å². The molecule has 0 bridgehead atoms. The highest BCUT2D eigenvalue weighted by Gasteiger charge is 2.13. The molecule has 0 aliphatic heterocycles. The molecular formula is C24H27NO3. The molecule has 0 radical (unpaired) electrons. The Kier molecular flexibility index (Phi) is 6.53. The summed E-state index contributed by atoms with van der Waals surface area (Å²) in [4.78, 5) is 12.5. The van der Waals surface area contributed by atoms with Gasteiger partial charge in [0.1, 0.15) is 18.1 Å². The van der Waals surface area contributed by atoms with Crippen LogP contribution in [0.4, 0.5) is 0 Å². The van der Waals surface area contributed by atoms with E-state index in [1.165, 1.54) is 0 Å². The number of nitrogens with one attached hydrogen (secondary N) is 1. The second kappa shape index (κ2) is 9.27. The third kappa shape index (κ3) is 4.63. The number of benzene rings is 3. The summed E-state index contributed by atoms with van der Waals surface area (Å²) in [7, 11) is 0. The standard InChI is InChI=1S/C24H27NO3/c1-4-17(3)25-24(26)19-13-14-22(27-5-2)20(15-19)16-28-23-12-8-10-18-9-6-7-11-21(18)23/h6-15,17H,4-5,16H2,1-3H3,(H,25,26). The summed E-state index contributed by atoms with van der Waals surface area (Å²) < 4.78 is 11.9. The zero-order valence-corrected chi connectivity index (χ0v) is 16.7. The van der Waals surface area contributed by atoms with Gasteiger partial charge in [-0.1, -0.05) is 43.3 Å². The van der Waals surface area contributed by atoms with E-state index in [-0.39, 0.29) is 11.9 Å². The van der Waals surface area contributed by atoms with Crippen LogP contribution in [0.15, 0.2) is 60.7 Å². The third-order valence-electron chi connectivity index (χ3n) is 4.75. The molecule has 1 amide bonds. The van der Waals surface area contributed by atoms with Gasteiger partial charge in [0, 0.05) is 22.6 Å². The largest absolute Gasteiger partial charge is 0.493 e. The van der Waals surface area contributed by atoms with Crippen LogP contribution >= 0.6 is 0 Å². The first-order valence-corrected chi connectivity index (χ1v) is 9.79. The molecular weight excluding hydrogens is 350 g/mol. The minimum Gasteiger partial charge on any atom is -0.493 e. The maximum absolute atomic E-state index is 12.5. The molecule has 1 unspecified atom stereocenters. The highest BCUT2D eigenvalue weighted by molar-refractivity contribution is 5.94. The Morgan fingerprint density at radius 1 is 0.964 bits per heavy atom. The van der Waals surface area contributed by atoms with Crippen LogP contribution in [0.2, 0.25) is 0 Å². The normalized spacial score (nSPS) is 11.8. The molecule has 3 aromatic carbocycles. The predicted molar refractivity (Wildman–Crippen MR) is 113 cm³/mol. The van der Waals surface area contributed by atoms with Gasteiger partial charge in [0.2, 0.25) is 0 Å². The maximum Gasteiger partial charge on any atom is 0.251 e. The summed E-state index contributed by atoms with van der Waals surface area (Å²) in [5, 5.41) is 5.20. The third-order valence-corrected chi connectivity index (χ3v) is 4.75. The molecule has 0 aromatic heterocycles. The lowest BCUT2D eigenvalue weighted by molar-refractivity contribution is 0.0939. The van der Waals surface area contributed by atoms with Gasteiger partial charge in [0.15, 0.2) is 0 Å². The van der Waals surface area contributed by atoms with Crippen LogP contribution in [-0.2, 0) is 6.61 Å². The van der Waals surface area contributed by atoms with Crippen LogP contribution in [-0.4, -0.2) is 18.6 Å². The molecule has 0 heterocycles. The van der Waals surface area contributed by atoms with Gasteiger partial charge in [0.05, 0.1) is 6.61 Å². The molecule has 1 atom stereocenters. The number of carbonyl (C=O) groups is 1. The molecule has 0 fully saturated rings. The van der Waals surface area contributed by atoms with Gasteiger partial charge >= 0.3 is 0 Å². The first kappa shape index (κ1) is 19.7. The van der Waals surface area contributed by atoms with Crippen LogP contribution in [0.3, 0.4) is 0 Å². The molecule has 0 aliphatic rings. The Labute approximate surface area is 166 Å². The molecule has 28 heavy (non-hydrogen) atoms. The Morgan fingerprint density at radius 3 is 2.54 bits per heavy atom. The lowest BCUT2D eigenvalue weighted by Gasteiger charge is -2.15. The Balaban J connectivity index is 1.84. The van der Waals surface area contributed by atoms with Crippen LogP contribution in [0.1, 0.15) is 43.1 Å². The quantitative estimate of drug-likeness (QED) is 0.576. The van der Waals surface area contributed by atoms with E-state index in [1.807, 2.05) is 63.2 Å². The number of hydrogen-bond acceptors (Lipinski definition) is 3. The average molecular weight is 377 g/mol. The zero-order valence-electron chi connectivity index (χ0n) is 16.7. The Bertz CT molecular complexity index is 946. The topological polar surface area (TPSA) is 47.6 Å². The lowest BCUT2D eigenvalue weighted by Crippen LogP contribution is -2.32. The average Bonchev–Trinajstić information content (AvgIpc) is 2.73. The van der Waals surface area contributed by atoms with Crippen LogP contribution < -0.4 is 14.8 Å². The van der Waals surface area contributed by atoms with Gasteiger partial charge in [0.25, 0.3) is 5.91 Å². The monoisotopic (exact) mass is 377 g/mol. The van der Waals surface area contributed by atoms with Gasteiger partial charge in [-0.3, -0.25) is 4.79 Å². The van der Waals surface area contributed by atoms with E-state index in [1.54, 1.807) is 6.07 Å². The fourth-order valence-corrected chi connectivity index (χ4v) is 3.02. The second-order valence-electron chi connectivity index (χ2n) is 6.80. The van der Waals surface area contributed by atoms with Crippen molar-refractivity contribution in [1.82, 2.24) is 5.32 Å². The number of rotatable bonds is 8. The number of carbonyl (C=O) groups excluding carboxylic acids is 1. The van der Waals surface area contributed by atoms with E-state index < -0.39 is 0 Å². The summed E-state index contributed by atoms with van der Waals surface area (Å²) in [6.45, 7) is 6.87. The van der Waals surface area contributed by atoms with Gasteiger partial charge in [-0.15, -0.1) is 0 Å². The van der Waals surface area contributed by atoms with E-state index in [2.05, 4.69) is 17.4 Å². The number of fused-ring (bicyclic) bond motifs is 1. The minimum absolute atomic E-state index is 0.0798. The summed E-state index contributed by atoms with van der Waals surface area (Å²) in [6, 6.07) is 19.8. The minimum atomic E-state index is -0.0798. The molecule has 0 aliphatic carbocycles. The van der Waals surface area contributed by atoms with Crippen molar-refractivity contribution in [2.24, 2.45) is 0 Å². The molecule has 0 spiro atoms. The van der Waals surface area contributed by atoms with Crippen molar-refractivity contribution >= 4 is 16.7 Å². The molecule has 1 N–H and O–H groups in total. The van der Waals surface area contributed by atoms with Crippen molar-refractivity contribution in [2.45, 2.75) is 39.8 Å². The first-order valence-electron chi connectivity index (χ1n) is 9.79. The second-order valence-corrected chi connectivity index (χ2v) is 6.80. The molecule has 0 saturated heterocycles. The fourth-order valence-electron chi connectivity index (χ4n) is 3.02.